The van der Waals surface area contributed by atoms with Gasteiger partial charge in [-0.1, -0.05) is 0 Å². The van der Waals surface area contributed by atoms with Crippen molar-refractivity contribution in [2.75, 3.05) is 10.6 Å². The van der Waals surface area contributed by atoms with Gasteiger partial charge in [-0.15, -0.1) is 0 Å². The van der Waals surface area contributed by atoms with E-state index in [1.165, 1.54) is 0 Å². The highest BCUT2D eigenvalue weighted by atomic mass is 16.6. The zero-order valence-electron chi connectivity index (χ0n) is 10.1. The first kappa shape index (κ1) is 13.0. The molecule has 0 bridgehead atoms. The summed E-state index contributed by atoms with van der Waals surface area (Å²) in [6.45, 7) is 5.39. The molecular formula is C12H16N2O3. The van der Waals surface area contributed by atoms with Gasteiger partial charge in [0.15, 0.2) is 0 Å². The average molecular weight is 236 g/mol. The standard InChI is InChI=1S/C12H16N2O3/c1-12(2,3)17-11(16)14-10-6-4-9(5-7-10)13-8-15/h4-8H,1-3H3,(H,13,15)(H,14,16). The molecular weight excluding hydrogens is 220 g/mol. The van der Waals surface area contributed by atoms with Crippen LogP contribution in [0.5, 0.6) is 0 Å². The fourth-order valence-electron chi connectivity index (χ4n) is 1.14. The SMILES string of the molecule is CC(C)(C)OC(=O)Nc1ccc(NC=O)cc1. The number of anilines is 2. The van der Waals surface area contributed by atoms with Crippen molar-refractivity contribution in [3.05, 3.63) is 24.3 Å². The van der Waals surface area contributed by atoms with Crippen LogP contribution in [0, 0.1) is 0 Å². The molecule has 0 saturated carbocycles. The van der Waals surface area contributed by atoms with Crippen LogP contribution in [0.15, 0.2) is 24.3 Å². The van der Waals surface area contributed by atoms with E-state index in [4.69, 9.17) is 4.74 Å². The summed E-state index contributed by atoms with van der Waals surface area (Å²) >= 11 is 0. The van der Waals surface area contributed by atoms with Gasteiger partial charge in [0.1, 0.15) is 5.60 Å². The third-order valence-electron chi connectivity index (χ3n) is 1.76. The average Bonchev–Trinajstić information content (AvgIpc) is 2.18. The topological polar surface area (TPSA) is 67.4 Å². The molecule has 2 N–H and O–H groups in total. The van der Waals surface area contributed by atoms with Gasteiger partial charge in [-0.2, -0.15) is 0 Å². The van der Waals surface area contributed by atoms with Crippen LogP contribution in [-0.4, -0.2) is 18.1 Å². The molecule has 0 aliphatic heterocycles. The van der Waals surface area contributed by atoms with Crippen LogP contribution in [0.4, 0.5) is 16.2 Å². The van der Waals surface area contributed by atoms with Gasteiger partial charge in [-0.05, 0) is 45.0 Å². The lowest BCUT2D eigenvalue weighted by Crippen LogP contribution is -2.27. The minimum Gasteiger partial charge on any atom is -0.444 e. The molecule has 0 aromatic heterocycles. The zero-order chi connectivity index (χ0) is 12.9. The normalized spacial score (nSPS) is 10.5. The van der Waals surface area contributed by atoms with Gasteiger partial charge in [0.25, 0.3) is 0 Å². The summed E-state index contributed by atoms with van der Waals surface area (Å²) in [5.41, 5.74) is 0.744. The summed E-state index contributed by atoms with van der Waals surface area (Å²) in [5, 5.41) is 5.09. The van der Waals surface area contributed by atoms with Gasteiger partial charge >= 0.3 is 6.09 Å². The molecule has 0 aliphatic rings. The lowest BCUT2D eigenvalue weighted by molar-refractivity contribution is -0.105. The monoisotopic (exact) mass is 236 g/mol. The number of ether oxygens (including phenoxy) is 1. The van der Waals surface area contributed by atoms with Crippen LogP contribution in [0.25, 0.3) is 0 Å². The maximum atomic E-state index is 11.4. The van der Waals surface area contributed by atoms with Crippen LogP contribution in [0.3, 0.4) is 0 Å². The summed E-state index contributed by atoms with van der Waals surface area (Å²) in [7, 11) is 0. The van der Waals surface area contributed by atoms with Crippen LogP contribution in [0.2, 0.25) is 0 Å². The van der Waals surface area contributed by atoms with E-state index in [2.05, 4.69) is 10.6 Å². The number of rotatable bonds is 3. The molecule has 0 spiro atoms. The van der Waals surface area contributed by atoms with Crippen molar-refractivity contribution in [1.82, 2.24) is 0 Å². The molecule has 0 unspecified atom stereocenters. The second-order valence-corrected chi connectivity index (χ2v) is 4.47. The number of hydrogen-bond acceptors (Lipinski definition) is 3. The third kappa shape index (κ3) is 5.01. The third-order valence-corrected chi connectivity index (χ3v) is 1.76. The Morgan fingerprint density at radius 2 is 1.71 bits per heavy atom. The molecule has 0 radical (unpaired) electrons. The molecule has 0 fully saturated rings. The molecule has 1 aromatic carbocycles. The molecule has 5 heteroatoms. The molecule has 17 heavy (non-hydrogen) atoms. The van der Waals surface area contributed by atoms with Crippen molar-refractivity contribution in [2.24, 2.45) is 0 Å². The number of hydrogen-bond donors (Lipinski definition) is 2. The summed E-state index contributed by atoms with van der Waals surface area (Å²) in [4.78, 5) is 21.6. The molecule has 0 heterocycles. The maximum Gasteiger partial charge on any atom is 0.412 e. The second kappa shape index (κ2) is 5.34. The molecule has 1 aromatic rings. The van der Waals surface area contributed by atoms with E-state index in [9.17, 15) is 9.59 Å². The van der Waals surface area contributed by atoms with E-state index in [0.29, 0.717) is 17.8 Å². The Hall–Kier alpha value is -2.04. The first-order valence-corrected chi connectivity index (χ1v) is 5.21. The van der Waals surface area contributed by atoms with Crippen LogP contribution in [-0.2, 0) is 9.53 Å². The molecule has 0 saturated heterocycles. The first-order chi connectivity index (χ1) is 7.90. The Labute approximate surface area is 100 Å². The smallest absolute Gasteiger partial charge is 0.412 e. The van der Waals surface area contributed by atoms with E-state index in [1.54, 1.807) is 45.0 Å². The van der Waals surface area contributed by atoms with Crippen LogP contribution in [0.1, 0.15) is 20.8 Å². The fourth-order valence-corrected chi connectivity index (χ4v) is 1.14. The highest BCUT2D eigenvalue weighted by Gasteiger charge is 2.15. The zero-order valence-corrected chi connectivity index (χ0v) is 10.1. The van der Waals surface area contributed by atoms with Crippen molar-refractivity contribution in [1.29, 1.82) is 0 Å². The Morgan fingerprint density at radius 1 is 1.18 bits per heavy atom. The van der Waals surface area contributed by atoms with Gasteiger partial charge in [-0.3, -0.25) is 10.1 Å². The Balaban J connectivity index is 2.57. The number of carbonyl (C=O) groups is 2. The quantitative estimate of drug-likeness (QED) is 0.793. The molecule has 2 amide bonds. The van der Waals surface area contributed by atoms with E-state index in [1.807, 2.05) is 0 Å². The molecule has 1 rings (SSSR count). The van der Waals surface area contributed by atoms with E-state index in [0.717, 1.165) is 0 Å². The molecule has 92 valence electrons. The predicted octanol–water partition coefficient (Wildman–Crippen LogP) is 2.60. The van der Waals surface area contributed by atoms with Crippen molar-refractivity contribution < 1.29 is 14.3 Å². The van der Waals surface area contributed by atoms with Crippen molar-refractivity contribution in [3.8, 4) is 0 Å². The van der Waals surface area contributed by atoms with Crippen LogP contribution >= 0.6 is 0 Å². The number of benzene rings is 1. The van der Waals surface area contributed by atoms with Gasteiger partial charge in [0.2, 0.25) is 6.41 Å². The van der Waals surface area contributed by atoms with Crippen LogP contribution < -0.4 is 10.6 Å². The Kier molecular flexibility index (Phi) is 4.09. The lowest BCUT2D eigenvalue weighted by Gasteiger charge is -2.19. The first-order valence-electron chi connectivity index (χ1n) is 5.21. The van der Waals surface area contributed by atoms with Crippen molar-refractivity contribution in [3.63, 3.8) is 0 Å². The Morgan fingerprint density at radius 3 is 2.18 bits per heavy atom. The molecule has 5 nitrogen and oxygen atoms in total. The Bertz CT molecular complexity index is 393. The largest absolute Gasteiger partial charge is 0.444 e. The lowest BCUT2D eigenvalue weighted by atomic mass is 10.2. The molecule has 0 atom stereocenters. The highest BCUT2D eigenvalue weighted by molar-refractivity contribution is 5.85. The summed E-state index contributed by atoms with van der Waals surface area (Å²) < 4.78 is 5.10. The molecule has 0 aliphatic carbocycles. The van der Waals surface area contributed by atoms with Gasteiger partial charge in [0, 0.05) is 11.4 Å². The van der Waals surface area contributed by atoms with Gasteiger partial charge in [-0.25, -0.2) is 4.79 Å². The summed E-state index contributed by atoms with van der Waals surface area (Å²) in [5.74, 6) is 0. The minimum absolute atomic E-state index is 0.506. The van der Waals surface area contributed by atoms with Gasteiger partial charge in [0.05, 0.1) is 0 Å². The van der Waals surface area contributed by atoms with E-state index >= 15 is 0 Å². The summed E-state index contributed by atoms with van der Waals surface area (Å²) in [6, 6.07) is 6.72. The van der Waals surface area contributed by atoms with Gasteiger partial charge < -0.3 is 10.1 Å². The number of nitrogens with one attached hydrogen (secondary N) is 2. The predicted molar refractivity (Wildman–Crippen MR) is 66.0 cm³/mol. The maximum absolute atomic E-state index is 11.4. The minimum atomic E-state index is -0.525. The highest BCUT2D eigenvalue weighted by Crippen LogP contribution is 2.14. The summed E-state index contributed by atoms with van der Waals surface area (Å²) in [6.07, 6.45) is 0.0876. The number of amides is 2. The second-order valence-electron chi connectivity index (χ2n) is 4.47. The van der Waals surface area contributed by atoms with Crippen molar-refractivity contribution in [2.45, 2.75) is 26.4 Å². The number of carbonyl (C=O) groups excluding carboxylic acids is 2. The van der Waals surface area contributed by atoms with Crippen molar-refractivity contribution >= 4 is 23.9 Å². The fraction of sp³-hybridized carbons (Fsp3) is 0.333. The van der Waals surface area contributed by atoms with E-state index in [-0.39, 0.29) is 0 Å². The van der Waals surface area contributed by atoms with E-state index < -0.39 is 11.7 Å².